The van der Waals surface area contributed by atoms with Crippen LogP contribution in [0.15, 0.2) is 48.5 Å². The van der Waals surface area contributed by atoms with Crippen molar-refractivity contribution >= 4 is 23.1 Å². The molecule has 8 heteroatoms. The van der Waals surface area contributed by atoms with Crippen molar-refractivity contribution in [3.05, 3.63) is 48.5 Å². The Labute approximate surface area is 163 Å². The fourth-order valence-electron chi connectivity index (χ4n) is 2.07. The third-order valence-electron chi connectivity index (χ3n) is 3.54. The number of rotatable bonds is 11. The highest BCUT2D eigenvalue weighted by Crippen LogP contribution is 2.15. The third-order valence-corrected chi connectivity index (χ3v) is 3.54. The molecular formula is C20H24N2O6. The Kier molecular flexibility index (Phi) is 8.11. The van der Waals surface area contributed by atoms with E-state index in [1.807, 2.05) is 0 Å². The molecule has 1 unspecified atom stereocenters. The van der Waals surface area contributed by atoms with Crippen LogP contribution in [-0.4, -0.2) is 44.3 Å². The highest BCUT2D eigenvalue weighted by atomic mass is 16.6. The zero-order valence-corrected chi connectivity index (χ0v) is 15.6. The van der Waals surface area contributed by atoms with E-state index in [-0.39, 0.29) is 32.2 Å². The van der Waals surface area contributed by atoms with Crippen LogP contribution in [0.4, 0.5) is 11.4 Å². The molecular weight excluding hydrogens is 364 g/mol. The van der Waals surface area contributed by atoms with E-state index in [0.29, 0.717) is 22.9 Å². The van der Waals surface area contributed by atoms with E-state index in [4.69, 9.17) is 30.4 Å². The lowest BCUT2D eigenvalue weighted by atomic mass is 10.3. The van der Waals surface area contributed by atoms with Gasteiger partial charge in [-0.1, -0.05) is 0 Å². The number of esters is 1. The molecule has 2 aromatic rings. The van der Waals surface area contributed by atoms with Gasteiger partial charge in [0.15, 0.2) is 11.9 Å². The highest BCUT2D eigenvalue weighted by molar-refractivity contribution is 5.81. The fourth-order valence-corrected chi connectivity index (χ4v) is 2.07. The average molecular weight is 388 g/mol. The second-order valence-corrected chi connectivity index (χ2v) is 5.95. The van der Waals surface area contributed by atoms with Crippen LogP contribution >= 0.6 is 0 Å². The van der Waals surface area contributed by atoms with E-state index in [9.17, 15) is 9.59 Å². The van der Waals surface area contributed by atoms with Gasteiger partial charge in [0.1, 0.15) is 31.3 Å². The first kappa shape index (κ1) is 21.0. The molecule has 0 fully saturated rings. The Hall–Kier alpha value is -3.26. The van der Waals surface area contributed by atoms with Crippen LogP contribution in [0.5, 0.6) is 11.5 Å². The van der Waals surface area contributed by atoms with Gasteiger partial charge in [0.05, 0.1) is 6.61 Å². The highest BCUT2D eigenvalue weighted by Gasteiger charge is 2.16. The van der Waals surface area contributed by atoms with Gasteiger partial charge in [-0.15, -0.1) is 0 Å². The molecule has 0 saturated carbocycles. The van der Waals surface area contributed by atoms with Gasteiger partial charge in [-0.2, -0.15) is 0 Å². The topological polar surface area (TPSA) is 123 Å². The number of ketones is 1. The van der Waals surface area contributed by atoms with Gasteiger partial charge in [-0.3, -0.25) is 4.79 Å². The minimum absolute atomic E-state index is 0.0143. The summed E-state index contributed by atoms with van der Waals surface area (Å²) in [6.07, 6.45) is -0.779. The van der Waals surface area contributed by atoms with E-state index in [0.717, 1.165) is 0 Å². The second kappa shape index (κ2) is 10.8. The maximum absolute atomic E-state index is 11.9. The lowest BCUT2D eigenvalue weighted by molar-refractivity contribution is -0.152. The SMILES string of the molecule is CC(Oc1ccc(N)cc1)C(=O)OCCOCC(=O)COc1ccc(N)cc1. The number of nitrogens with two attached hydrogens (primary N) is 2. The zero-order chi connectivity index (χ0) is 20.4. The summed E-state index contributed by atoms with van der Waals surface area (Å²) in [5.74, 6) is 0.301. The van der Waals surface area contributed by atoms with E-state index in [1.165, 1.54) is 0 Å². The molecule has 0 saturated heterocycles. The number of anilines is 2. The molecule has 1 atom stereocenters. The van der Waals surface area contributed by atoms with Crippen molar-refractivity contribution < 1.29 is 28.5 Å². The predicted molar refractivity (Wildman–Crippen MR) is 104 cm³/mol. The molecule has 2 aromatic carbocycles. The largest absolute Gasteiger partial charge is 0.486 e. The molecule has 0 bridgehead atoms. The van der Waals surface area contributed by atoms with Crippen molar-refractivity contribution in [2.45, 2.75) is 13.0 Å². The Balaban J connectivity index is 1.56. The Morgan fingerprint density at radius 1 is 0.857 bits per heavy atom. The van der Waals surface area contributed by atoms with Crippen LogP contribution in [0, 0.1) is 0 Å². The molecule has 0 radical (unpaired) electrons. The quantitative estimate of drug-likeness (QED) is 0.339. The molecule has 2 rings (SSSR count). The molecule has 28 heavy (non-hydrogen) atoms. The van der Waals surface area contributed by atoms with Gasteiger partial charge in [0.2, 0.25) is 0 Å². The maximum Gasteiger partial charge on any atom is 0.347 e. The summed E-state index contributed by atoms with van der Waals surface area (Å²) in [5, 5.41) is 0. The second-order valence-electron chi connectivity index (χ2n) is 5.95. The summed E-state index contributed by atoms with van der Waals surface area (Å²) in [7, 11) is 0. The summed E-state index contributed by atoms with van der Waals surface area (Å²) >= 11 is 0. The van der Waals surface area contributed by atoms with E-state index in [2.05, 4.69) is 0 Å². The fraction of sp³-hybridized carbons (Fsp3) is 0.300. The minimum Gasteiger partial charge on any atom is -0.486 e. The summed E-state index contributed by atoms with van der Waals surface area (Å²) < 4.78 is 21.0. The number of ether oxygens (including phenoxy) is 4. The van der Waals surface area contributed by atoms with Crippen LogP contribution in [0.1, 0.15) is 6.92 Å². The lowest BCUT2D eigenvalue weighted by Crippen LogP contribution is -2.27. The average Bonchev–Trinajstić information content (AvgIpc) is 2.68. The zero-order valence-electron chi connectivity index (χ0n) is 15.6. The molecule has 0 spiro atoms. The Bertz CT molecular complexity index is 761. The smallest absolute Gasteiger partial charge is 0.347 e. The van der Waals surface area contributed by atoms with Crippen molar-refractivity contribution in [2.24, 2.45) is 0 Å². The molecule has 150 valence electrons. The predicted octanol–water partition coefficient (Wildman–Crippen LogP) is 1.83. The number of hydrogen-bond acceptors (Lipinski definition) is 8. The normalized spacial score (nSPS) is 11.5. The first-order valence-corrected chi connectivity index (χ1v) is 8.70. The van der Waals surface area contributed by atoms with Crippen molar-refractivity contribution in [1.82, 2.24) is 0 Å². The Morgan fingerprint density at radius 3 is 2.04 bits per heavy atom. The number of carbonyl (C=O) groups excluding carboxylic acids is 2. The summed E-state index contributed by atoms with van der Waals surface area (Å²) in [6.45, 7) is 1.44. The number of carbonyl (C=O) groups is 2. The van der Waals surface area contributed by atoms with Gasteiger partial charge in [0.25, 0.3) is 0 Å². The van der Waals surface area contributed by atoms with Crippen LogP contribution in [0.3, 0.4) is 0 Å². The standard InChI is InChI=1S/C20H24N2O6/c1-14(28-19-8-4-16(22)5-9-19)20(24)26-11-10-25-12-17(23)13-27-18-6-2-15(21)3-7-18/h2-9,14H,10-13,21-22H2,1H3. The van der Waals surface area contributed by atoms with E-state index < -0.39 is 12.1 Å². The molecule has 8 nitrogen and oxygen atoms in total. The van der Waals surface area contributed by atoms with Crippen LogP contribution in [0.2, 0.25) is 0 Å². The monoisotopic (exact) mass is 388 g/mol. The summed E-state index contributed by atoms with van der Waals surface area (Å²) in [4.78, 5) is 23.6. The van der Waals surface area contributed by atoms with Gasteiger partial charge in [-0.05, 0) is 55.5 Å². The maximum atomic E-state index is 11.9. The van der Waals surface area contributed by atoms with Crippen molar-refractivity contribution in [1.29, 1.82) is 0 Å². The number of Topliss-reactive ketones (excluding diaryl/α,β-unsaturated/α-hetero) is 1. The van der Waals surface area contributed by atoms with Gasteiger partial charge in [0, 0.05) is 11.4 Å². The molecule has 4 N–H and O–H groups in total. The minimum atomic E-state index is -0.779. The van der Waals surface area contributed by atoms with Crippen molar-refractivity contribution in [3.63, 3.8) is 0 Å². The van der Waals surface area contributed by atoms with Gasteiger partial charge in [-0.25, -0.2) is 4.79 Å². The molecule has 0 aliphatic rings. The molecule has 0 aliphatic heterocycles. The van der Waals surface area contributed by atoms with Gasteiger partial charge >= 0.3 is 5.97 Å². The molecule has 0 amide bonds. The van der Waals surface area contributed by atoms with Crippen LogP contribution in [-0.2, 0) is 19.1 Å². The Morgan fingerprint density at radius 2 is 1.43 bits per heavy atom. The van der Waals surface area contributed by atoms with E-state index >= 15 is 0 Å². The molecule has 0 aliphatic carbocycles. The summed E-state index contributed by atoms with van der Waals surface area (Å²) in [6, 6.07) is 13.4. The van der Waals surface area contributed by atoms with Gasteiger partial charge < -0.3 is 30.4 Å². The van der Waals surface area contributed by atoms with Crippen molar-refractivity contribution in [3.8, 4) is 11.5 Å². The number of hydrogen-bond donors (Lipinski definition) is 2. The molecule has 0 heterocycles. The number of benzene rings is 2. The summed E-state index contributed by atoms with van der Waals surface area (Å²) in [5.41, 5.74) is 12.4. The third kappa shape index (κ3) is 7.55. The first-order valence-electron chi connectivity index (χ1n) is 8.70. The lowest BCUT2D eigenvalue weighted by Gasteiger charge is -2.14. The van der Waals surface area contributed by atoms with E-state index in [1.54, 1.807) is 55.5 Å². The molecule has 0 aromatic heterocycles. The number of nitrogen functional groups attached to an aromatic ring is 2. The van der Waals surface area contributed by atoms with Crippen molar-refractivity contribution in [2.75, 3.05) is 37.9 Å². The first-order chi connectivity index (χ1) is 13.4. The van der Waals surface area contributed by atoms with Crippen LogP contribution < -0.4 is 20.9 Å². The van der Waals surface area contributed by atoms with Crippen LogP contribution in [0.25, 0.3) is 0 Å².